The van der Waals surface area contributed by atoms with Crippen LogP contribution < -0.4 is 0 Å². The van der Waals surface area contributed by atoms with Crippen molar-refractivity contribution in [2.75, 3.05) is 0 Å². The normalized spacial score (nSPS) is 14.7. The van der Waals surface area contributed by atoms with Crippen molar-refractivity contribution < 1.29 is 5.11 Å². The molecule has 1 aromatic carbocycles. The second-order valence-electron chi connectivity index (χ2n) is 4.17. The molecule has 2 nitrogen and oxygen atoms in total. The maximum Gasteiger partial charge on any atom is 0.0924 e. The van der Waals surface area contributed by atoms with Crippen LogP contribution in [0.4, 0.5) is 0 Å². The molecule has 0 bridgehead atoms. The summed E-state index contributed by atoms with van der Waals surface area (Å²) in [5, 5.41) is 13.5. The highest BCUT2D eigenvalue weighted by atomic mass is 32.1. The van der Waals surface area contributed by atoms with Gasteiger partial charge in [-0.05, 0) is 19.4 Å². The summed E-state index contributed by atoms with van der Waals surface area (Å²) in [4.78, 5) is 4.38. The van der Waals surface area contributed by atoms with Gasteiger partial charge in [-0.3, -0.25) is 0 Å². The van der Waals surface area contributed by atoms with Gasteiger partial charge in [-0.15, -0.1) is 11.3 Å². The molecule has 1 N–H and O–H groups in total. The third-order valence-electron chi connectivity index (χ3n) is 2.59. The topological polar surface area (TPSA) is 33.1 Å². The smallest absolute Gasteiger partial charge is 0.0924 e. The van der Waals surface area contributed by atoms with Gasteiger partial charge < -0.3 is 5.11 Å². The van der Waals surface area contributed by atoms with Crippen molar-refractivity contribution in [3.63, 3.8) is 0 Å². The van der Waals surface area contributed by atoms with Gasteiger partial charge >= 0.3 is 0 Å². The summed E-state index contributed by atoms with van der Waals surface area (Å²) < 4.78 is 0. The fourth-order valence-corrected chi connectivity index (χ4v) is 2.35. The average Bonchev–Trinajstić information content (AvgIpc) is 2.64. The van der Waals surface area contributed by atoms with Crippen LogP contribution in [-0.2, 0) is 12.0 Å². The van der Waals surface area contributed by atoms with Gasteiger partial charge in [0.25, 0.3) is 0 Å². The maximum atomic E-state index is 10.4. The van der Waals surface area contributed by atoms with E-state index in [0.29, 0.717) is 6.42 Å². The summed E-state index contributed by atoms with van der Waals surface area (Å²) in [6.45, 7) is 3.81. The van der Waals surface area contributed by atoms with E-state index in [2.05, 4.69) is 4.98 Å². The Morgan fingerprint density at radius 3 is 2.56 bits per heavy atom. The summed E-state index contributed by atoms with van der Waals surface area (Å²) in [6.07, 6.45) is 0.557. The molecular formula is C13H15NOS. The first-order chi connectivity index (χ1) is 7.58. The van der Waals surface area contributed by atoms with E-state index in [4.69, 9.17) is 0 Å². The zero-order valence-corrected chi connectivity index (χ0v) is 10.3. The van der Waals surface area contributed by atoms with E-state index in [1.807, 2.05) is 49.6 Å². The van der Waals surface area contributed by atoms with Crippen molar-refractivity contribution in [2.24, 2.45) is 0 Å². The lowest BCUT2D eigenvalue weighted by Crippen LogP contribution is -2.24. The molecule has 0 saturated heterocycles. The molecule has 0 spiro atoms. The van der Waals surface area contributed by atoms with Gasteiger partial charge in [0.1, 0.15) is 0 Å². The van der Waals surface area contributed by atoms with Crippen molar-refractivity contribution >= 4 is 11.3 Å². The predicted molar refractivity (Wildman–Crippen MR) is 66.6 cm³/mol. The molecular weight excluding hydrogens is 218 g/mol. The number of aromatic nitrogens is 1. The summed E-state index contributed by atoms with van der Waals surface area (Å²) >= 11 is 1.62. The molecule has 0 aliphatic carbocycles. The Kier molecular flexibility index (Phi) is 3.08. The third kappa shape index (κ3) is 2.49. The Hall–Kier alpha value is -1.19. The number of benzene rings is 1. The van der Waals surface area contributed by atoms with Gasteiger partial charge in [0.15, 0.2) is 0 Å². The van der Waals surface area contributed by atoms with E-state index >= 15 is 0 Å². The molecule has 1 unspecified atom stereocenters. The van der Waals surface area contributed by atoms with Gasteiger partial charge in [-0.25, -0.2) is 4.98 Å². The molecule has 1 aromatic heterocycles. The largest absolute Gasteiger partial charge is 0.385 e. The van der Waals surface area contributed by atoms with Crippen LogP contribution in [0.3, 0.4) is 0 Å². The van der Waals surface area contributed by atoms with Crippen LogP contribution in [-0.4, -0.2) is 10.1 Å². The Morgan fingerprint density at radius 2 is 2.00 bits per heavy atom. The minimum Gasteiger partial charge on any atom is -0.385 e. The van der Waals surface area contributed by atoms with Crippen LogP contribution in [0.25, 0.3) is 0 Å². The van der Waals surface area contributed by atoms with E-state index in [1.54, 1.807) is 11.3 Å². The Labute approximate surface area is 99.6 Å². The van der Waals surface area contributed by atoms with E-state index in [-0.39, 0.29) is 0 Å². The quantitative estimate of drug-likeness (QED) is 0.884. The number of hydrogen-bond donors (Lipinski definition) is 1. The van der Waals surface area contributed by atoms with Crippen molar-refractivity contribution in [3.8, 4) is 0 Å². The molecule has 3 heteroatoms. The SMILES string of the molecule is Cc1nc(CC(C)(O)c2ccccc2)cs1. The molecule has 16 heavy (non-hydrogen) atoms. The Balaban J connectivity index is 2.20. The van der Waals surface area contributed by atoms with Crippen molar-refractivity contribution in [1.82, 2.24) is 4.98 Å². The summed E-state index contributed by atoms with van der Waals surface area (Å²) in [6, 6.07) is 9.72. The van der Waals surface area contributed by atoms with E-state index in [0.717, 1.165) is 16.3 Å². The molecule has 2 aromatic rings. The molecule has 84 valence electrons. The second-order valence-corrected chi connectivity index (χ2v) is 5.24. The molecule has 1 atom stereocenters. The van der Waals surface area contributed by atoms with E-state index < -0.39 is 5.60 Å². The first-order valence-electron chi connectivity index (χ1n) is 5.27. The van der Waals surface area contributed by atoms with Crippen LogP contribution in [0, 0.1) is 6.92 Å². The van der Waals surface area contributed by atoms with Gasteiger partial charge in [0.2, 0.25) is 0 Å². The monoisotopic (exact) mass is 233 g/mol. The Morgan fingerprint density at radius 1 is 1.31 bits per heavy atom. The number of nitrogens with zero attached hydrogens (tertiary/aromatic N) is 1. The van der Waals surface area contributed by atoms with Crippen LogP contribution in [0.2, 0.25) is 0 Å². The number of thiazole rings is 1. The standard InChI is InChI=1S/C13H15NOS/c1-10-14-12(9-16-10)8-13(2,15)11-6-4-3-5-7-11/h3-7,9,15H,8H2,1-2H3. The van der Waals surface area contributed by atoms with Gasteiger partial charge in [-0.2, -0.15) is 0 Å². The zero-order valence-electron chi connectivity index (χ0n) is 9.47. The first-order valence-corrected chi connectivity index (χ1v) is 6.15. The van der Waals surface area contributed by atoms with Gasteiger partial charge in [-0.1, -0.05) is 30.3 Å². The van der Waals surface area contributed by atoms with Crippen molar-refractivity contribution in [3.05, 3.63) is 52.0 Å². The number of hydrogen-bond acceptors (Lipinski definition) is 3. The van der Waals surface area contributed by atoms with Gasteiger partial charge in [0, 0.05) is 11.8 Å². The molecule has 0 radical (unpaired) electrons. The summed E-state index contributed by atoms with van der Waals surface area (Å²) in [7, 11) is 0. The van der Waals surface area contributed by atoms with Crippen LogP contribution in [0.15, 0.2) is 35.7 Å². The highest BCUT2D eigenvalue weighted by molar-refractivity contribution is 7.09. The summed E-state index contributed by atoms with van der Waals surface area (Å²) in [5.74, 6) is 0. The maximum absolute atomic E-state index is 10.4. The molecule has 0 amide bonds. The third-order valence-corrected chi connectivity index (χ3v) is 3.41. The lowest BCUT2D eigenvalue weighted by Gasteiger charge is -2.22. The first kappa shape index (κ1) is 11.3. The molecule has 0 aliphatic rings. The van der Waals surface area contributed by atoms with Gasteiger partial charge in [0.05, 0.1) is 16.3 Å². The minimum atomic E-state index is -0.845. The highest BCUT2D eigenvalue weighted by Crippen LogP contribution is 2.25. The van der Waals surface area contributed by atoms with Crippen molar-refractivity contribution in [1.29, 1.82) is 0 Å². The lowest BCUT2D eigenvalue weighted by atomic mass is 9.91. The zero-order chi connectivity index (χ0) is 11.6. The second kappa shape index (κ2) is 4.36. The minimum absolute atomic E-state index is 0.557. The van der Waals surface area contributed by atoms with Crippen LogP contribution in [0.1, 0.15) is 23.2 Å². The van der Waals surface area contributed by atoms with Crippen molar-refractivity contribution in [2.45, 2.75) is 25.9 Å². The summed E-state index contributed by atoms with van der Waals surface area (Å²) in [5.41, 5.74) is 1.04. The number of aliphatic hydroxyl groups is 1. The molecule has 0 fully saturated rings. The van der Waals surface area contributed by atoms with Crippen LogP contribution >= 0.6 is 11.3 Å². The molecule has 2 rings (SSSR count). The average molecular weight is 233 g/mol. The fraction of sp³-hybridized carbons (Fsp3) is 0.308. The highest BCUT2D eigenvalue weighted by Gasteiger charge is 2.24. The molecule has 0 aliphatic heterocycles. The van der Waals surface area contributed by atoms with E-state index in [9.17, 15) is 5.11 Å². The number of rotatable bonds is 3. The fourth-order valence-electron chi connectivity index (χ4n) is 1.74. The van der Waals surface area contributed by atoms with E-state index in [1.165, 1.54) is 0 Å². The molecule has 1 heterocycles. The number of aryl methyl sites for hydroxylation is 1. The Bertz CT molecular complexity index is 462. The molecule has 0 saturated carbocycles. The predicted octanol–water partition coefficient (Wildman–Crippen LogP) is 2.90. The lowest BCUT2D eigenvalue weighted by molar-refractivity contribution is 0.0567. The van der Waals surface area contributed by atoms with Crippen LogP contribution in [0.5, 0.6) is 0 Å².